The first-order valence-electron chi connectivity index (χ1n) is 12.9. The zero-order chi connectivity index (χ0) is 25.1. The van der Waals surface area contributed by atoms with Gasteiger partial charge in [-0.15, -0.1) is 0 Å². The van der Waals surface area contributed by atoms with Crippen LogP contribution in [0.1, 0.15) is 75.3 Å². The number of piperazine rings is 1. The van der Waals surface area contributed by atoms with Gasteiger partial charge in [0.15, 0.2) is 0 Å². The highest BCUT2D eigenvalue weighted by molar-refractivity contribution is 5.90. The van der Waals surface area contributed by atoms with Gasteiger partial charge < -0.3 is 19.3 Å². The first-order chi connectivity index (χ1) is 16.6. The topological polar surface area (TPSA) is 95.8 Å². The fourth-order valence-electron chi connectivity index (χ4n) is 5.76. The maximum absolute atomic E-state index is 13.3. The van der Waals surface area contributed by atoms with Crippen molar-refractivity contribution in [2.75, 3.05) is 31.6 Å². The summed E-state index contributed by atoms with van der Waals surface area (Å²) in [7, 11) is 1.37. The van der Waals surface area contributed by atoms with Crippen molar-refractivity contribution in [1.82, 2.24) is 9.88 Å². The van der Waals surface area contributed by atoms with Crippen LogP contribution in [0.3, 0.4) is 0 Å². The van der Waals surface area contributed by atoms with E-state index in [-0.39, 0.29) is 41.3 Å². The summed E-state index contributed by atoms with van der Waals surface area (Å²) in [4.78, 5) is 34.5. The zero-order valence-electron chi connectivity index (χ0n) is 21.5. The molecule has 0 aromatic carbocycles. The van der Waals surface area contributed by atoms with Crippen LogP contribution in [-0.4, -0.2) is 60.1 Å². The van der Waals surface area contributed by atoms with Crippen molar-refractivity contribution in [3.05, 3.63) is 22.4 Å². The molecule has 1 aromatic heterocycles. The average Bonchev–Trinajstić information content (AvgIpc) is 3.75. The minimum atomic E-state index is -0.315. The molecule has 2 aliphatic carbocycles. The Bertz CT molecular complexity index is 1090. The lowest BCUT2D eigenvalue weighted by Crippen LogP contribution is -2.58. The number of carbonyl (C=O) groups excluding carboxylic acids is 2. The Morgan fingerprint density at radius 3 is 2.57 bits per heavy atom. The van der Waals surface area contributed by atoms with E-state index in [9.17, 15) is 14.9 Å². The summed E-state index contributed by atoms with van der Waals surface area (Å²) < 4.78 is 11.0. The quantitative estimate of drug-likeness (QED) is 0.597. The minimum absolute atomic E-state index is 0.0105. The first kappa shape index (κ1) is 24.1. The molecule has 0 N–H and O–H groups in total. The molecule has 2 aliphatic heterocycles. The van der Waals surface area contributed by atoms with Crippen molar-refractivity contribution in [3.63, 3.8) is 0 Å². The van der Waals surface area contributed by atoms with Crippen LogP contribution in [-0.2, 0) is 32.1 Å². The van der Waals surface area contributed by atoms with E-state index in [1.807, 2.05) is 4.90 Å². The van der Waals surface area contributed by atoms with E-state index in [0.29, 0.717) is 50.6 Å². The molecule has 0 bridgehead atoms. The average molecular weight is 481 g/mol. The Morgan fingerprint density at radius 2 is 1.94 bits per heavy atom. The van der Waals surface area contributed by atoms with Gasteiger partial charge in [0.2, 0.25) is 5.91 Å². The lowest BCUT2D eigenvalue weighted by atomic mass is 9.87. The van der Waals surface area contributed by atoms with E-state index in [1.54, 1.807) is 0 Å². The summed E-state index contributed by atoms with van der Waals surface area (Å²) in [5.74, 6) is 0.634. The lowest BCUT2D eigenvalue weighted by Gasteiger charge is -2.45. The summed E-state index contributed by atoms with van der Waals surface area (Å²) in [5.41, 5.74) is 3.65. The third-order valence-corrected chi connectivity index (χ3v) is 8.09. The minimum Gasteiger partial charge on any atom is -0.469 e. The molecule has 3 atom stereocenters. The van der Waals surface area contributed by atoms with Crippen LogP contribution in [0.2, 0.25) is 0 Å². The second kappa shape index (κ2) is 8.77. The van der Waals surface area contributed by atoms with Gasteiger partial charge in [0.25, 0.3) is 0 Å². The molecule has 1 amide bonds. The molecule has 35 heavy (non-hydrogen) atoms. The third kappa shape index (κ3) is 4.40. The second-order valence-electron chi connectivity index (χ2n) is 11.5. The first-order valence-corrected chi connectivity index (χ1v) is 12.9. The molecule has 1 aromatic rings. The number of ether oxygens (including phenoxy) is 2. The Kier molecular flexibility index (Phi) is 6.03. The number of hydrogen-bond acceptors (Lipinski definition) is 7. The Balaban J connectivity index is 1.44. The van der Waals surface area contributed by atoms with E-state index >= 15 is 0 Å². The van der Waals surface area contributed by atoms with E-state index in [4.69, 9.17) is 14.5 Å². The molecule has 3 fully saturated rings. The van der Waals surface area contributed by atoms with Crippen LogP contribution >= 0.6 is 0 Å². The highest BCUT2D eigenvalue weighted by atomic mass is 16.5. The monoisotopic (exact) mass is 480 g/mol. The van der Waals surface area contributed by atoms with Crippen molar-refractivity contribution in [1.29, 1.82) is 5.26 Å². The summed E-state index contributed by atoms with van der Waals surface area (Å²) in [6.07, 6.45) is 3.54. The normalized spacial score (nSPS) is 27.3. The van der Waals surface area contributed by atoms with E-state index < -0.39 is 0 Å². The van der Waals surface area contributed by atoms with Crippen molar-refractivity contribution in [2.24, 2.45) is 17.8 Å². The SMILES string of the molecule is COC(=O)C1CC1C(=O)N1CCN(c2nc(C3CC3)c3c(c2C#N)CC(C)(C)OC3)C[C@H]1C(C)C. The van der Waals surface area contributed by atoms with Gasteiger partial charge in [0, 0.05) is 37.5 Å². The summed E-state index contributed by atoms with van der Waals surface area (Å²) in [6.45, 7) is 10.7. The Morgan fingerprint density at radius 1 is 1.20 bits per heavy atom. The van der Waals surface area contributed by atoms with Crippen molar-refractivity contribution in [2.45, 2.75) is 77.5 Å². The largest absolute Gasteiger partial charge is 0.469 e. The predicted octanol–water partition coefficient (Wildman–Crippen LogP) is 3.16. The smallest absolute Gasteiger partial charge is 0.309 e. The van der Waals surface area contributed by atoms with Crippen molar-refractivity contribution in [3.8, 4) is 6.07 Å². The Hall–Kier alpha value is -2.66. The fraction of sp³-hybridized carbons (Fsp3) is 0.704. The molecule has 4 aliphatic rings. The summed E-state index contributed by atoms with van der Waals surface area (Å²) in [5, 5.41) is 10.3. The van der Waals surface area contributed by atoms with Crippen LogP contribution in [0.15, 0.2) is 0 Å². The van der Waals surface area contributed by atoms with Gasteiger partial charge >= 0.3 is 5.97 Å². The fourth-order valence-corrected chi connectivity index (χ4v) is 5.76. The number of pyridine rings is 1. The van der Waals surface area contributed by atoms with Gasteiger partial charge in [-0.25, -0.2) is 4.98 Å². The van der Waals surface area contributed by atoms with E-state index in [2.05, 4.69) is 38.7 Å². The van der Waals surface area contributed by atoms with Gasteiger partial charge in [0.05, 0.1) is 48.5 Å². The van der Waals surface area contributed by atoms with Gasteiger partial charge in [-0.1, -0.05) is 13.8 Å². The number of methoxy groups -OCH3 is 1. The maximum atomic E-state index is 13.3. The molecule has 2 unspecified atom stereocenters. The zero-order valence-corrected chi connectivity index (χ0v) is 21.5. The van der Waals surface area contributed by atoms with Gasteiger partial charge in [-0.2, -0.15) is 5.26 Å². The van der Waals surface area contributed by atoms with E-state index in [0.717, 1.165) is 35.5 Å². The molecule has 0 radical (unpaired) electrons. The van der Waals surface area contributed by atoms with Crippen LogP contribution < -0.4 is 4.90 Å². The molecular formula is C27H36N4O4. The summed E-state index contributed by atoms with van der Waals surface area (Å²) >= 11 is 0. The number of fused-ring (bicyclic) bond motifs is 1. The third-order valence-electron chi connectivity index (χ3n) is 8.09. The molecule has 188 valence electrons. The number of nitrogens with zero attached hydrogens (tertiary/aromatic N) is 4. The number of carbonyl (C=O) groups is 2. The molecular weight excluding hydrogens is 444 g/mol. The number of aromatic nitrogens is 1. The maximum Gasteiger partial charge on any atom is 0.309 e. The van der Waals surface area contributed by atoms with Crippen LogP contribution in [0.4, 0.5) is 5.82 Å². The molecule has 2 saturated carbocycles. The highest BCUT2D eigenvalue weighted by Crippen LogP contribution is 2.46. The van der Waals surface area contributed by atoms with Gasteiger partial charge in [0.1, 0.15) is 11.9 Å². The predicted molar refractivity (Wildman–Crippen MR) is 130 cm³/mol. The number of amides is 1. The molecule has 5 rings (SSSR count). The number of hydrogen-bond donors (Lipinski definition) is 0. The molecule has 1 saturated heterocycles. The number of nitriles is 1. The van der Waals surface area contributed by atoms with Crippen LogP contribution in [0.25, 0.3) is 0 Å². The highest BCUT2D eigenvalue weighted by Gasteiger charge is 2.52. The van der Waals surface area contributed by atoms with Gasteiger partial charge in [-0.05, 0) is 44.6 Å². The van der Waals surface area contributed by atoms with E-state index in [1.165, 1.54) is 7.11 Å². The molecule has 0 spiro atoms. The lowest BCUT2D eigenvalue weighted by molar-refractivity contribution is -0.145. The molecule has 8 nitrogen and oxygen atoms in total. The van der Waals surface area contributed by atoms with Crippen LogP contribution in [0, 0.1) is 29.1 Å². The van der Waals surface area contributed by atoms with Crippen molar-refractivity contribution >= 4 is 17.7 Å². The number of anilines is 1. The standard InChI is InChI=1S/C27H36N4O4/c1-15(2)22-13-30(8-9-31(22)25(32)17-10-18(17)26(33)34-5)24-20(12-28)19-11-27(3,4)35-14-21(19)23(29-24)16-6-7-16/h15-18,22H,6-11,13-14H2,1-5H3/t17?,18?,22-/m0/s1. The molecule has 3 heterocycles. The Labute approximate surface area is 207 Å². The number of rotatable bonds is 5. The van der Waals surface area contributed by atoms with Crippen LogP contribution in [0.5, 0.6) is 0 Å². The van der Waals surface area contributed by atoms with Crippen molar-refractivity contribution < 1.29 is 19.1 Å². The summed E-state index contributed by atoms with van der Waals surface area (Å²) in [6, 6.07) is 2.47. The molecule has 8 heteroatoms. The van der Waals surface area contributed by atoms with Gasteiger partial charge in [-0.3, -0.25) is 9.59 Å². The second-order valence-corrected chi connectivity index (χ2v) is 11.5. The number of esters is 1.